The summed E-state index contributed by atoms with van der Waals surface area (Å²) < 4.78 is 28.5. The van der Waals surface area contributed by atoms with Crippen LogP contribution in [0.1, 0.15) is 34.5 Å². The van der Waals surface area contributed by atoms with E-state index in [4.69, 9.17) is 10.8 Å². The summed E-state index contributed by atoms with van der Waals surface area (Å²) >= 11 is 0.622. The average Bonchev–Trinajstić information content (AvgIpc) is 2.80. The number of benzene rings is 1. The Hall–Kier alpha value is -3.25. The molecule has 0 radical (unpaired) electrons. The van der Waals surface area contributed by atoms with Crippen LogP contribution in [0.3, 0.4) is 0 Å². The lowest BCUT2D eigenvalue weighted by Gasteiger charge is -2.54. The number of nitrogens with one attached hydrogen (secondary N) is 3. The number of carbonyl (C=O) groups excluding carboxylic acids is 1. The number of aromatic nitrogens is 1. The second-order valence-electron chi connectivity index (χ2n) is 8.30. The molecule has 3 heterocycles. The van der Waals surface area contributed by atoms with E-state index in [1.807, 2.05) is 0 Å². The zero-order valence-corrected chi connectivity index (χ0v) is 19.4. The maximum atomic E-state index is 13.9. The van der Waals surface area contributed by atoms with Crippen LogP contribution in [-0.2, 0) is 6.42 Å². The highest BCUT2D eigenvalue weighted by Crippen LogP contribution is 2.35. The SMILES string of the molecule is CN1C(=O)c2c(O)c(=O)c(C(=N)SC(=N)Cc3ccc(F)cc3F)cn2N(C)C12CCNCC2. The Morgan fingerprint density at radius 1 is 1.21 bits per heavy atom. The fraction of sp³-hybridized carbons (Fsp3) is 0.364. The molecular formula is C22H24F2N6O3S. The number of hydrogen-bond donors (Lipinski definition) is 4. The number of thioether (sulfide) groups is 1. The third-order valence-corrected chi connectivity index (χ3v) is 7.28. The number of fused-ring (bicyclic) bond motifs is 1. The van der Waals surface area contributed by atoms with E-state index in [1.165, 1.54) is 21.8 Å². The summed E-state index contributed by atoms with van der Waals surface area (Å²) in [6.45, 7) is 1.36. The van der Waals surface area contributed by atoms with Crippen molar-refractivity contribution in [2.45, 2.75) is 24.9 Å². The Bertz CT molecular complexity index is 1260. The fourth-order valence-corrected chi connectivity index (χ4v) is 5.22. The van der Waals surface area contributed by atoms with Gasteiger partial charge in [0.15, 0.2) is 11.4 Å². The highest BCUT2D eigenvalue weighted by molar-refractivity contribution is 8.26. The van der Waals surface area contributed by atoms with Gasteiger partial charge >= 0.3 is 0 Å². The Morgan fingerprint density at radius 2 is 1.88 bits per heavy atom. The van der Waals surface area contributed by atoms with Crippen LogP contribution in [-0.4, -0.2) is 63.5 Å². The van der Waals surface area contributed by atoms with E-state index in [9.17, 15) is 23.5 Å². The molecule has 180 valence electrons. The Morgan fingerprint density at radius 3 is 2.53 bits per heavy atom. The van der Waals surface area contributed by atoms with Gasteiger partial charge in [-0.3, -0.25) is 30.1 Å². The summed E-state index contributed by atoms with van der Waals surface area (Å²) in [7, 11) is 3.39. The summed E-state index contributed by atoms with van der Waals surface area (Å²) in [5, 5.41) is 31.7. The molecule has 2 aliphatic rings. The third kappa shape index (κ3) is 3.86. The summed E-state index contributed by atoms with van der Waals surface area (Å²) in [6, 6.07) is 3.02. The second kappa shape index (κ2) is 8.84. The molecule has 0 aliphatic carbocycles. The van der Waals surface area contributed by atoms with Crippen molar-refractivity contribution in [2.24, 2.45) is 0 Å². The van der Waals surface area contributed by atoms with Crippen molar-refractivity contribution in [2.75, 3.05) is 32.2 Å². The first-order valence-corrected chi connectivity index (χ1v) is 11.4. The standard InChI is InChI=1S/C22H24F2N6O3S/c1-28-21(33)17-19(32)18(31)14(11-30(17)29(2)22(28)5-7-27-8-6-22)20(26)34-16(25)9-12-3-4-13(23)10-15(12)24/h3-4,10-11,25-27,32H,5-9H2,1-2H3. The van der Waals surface area contributed by atoms with Gasteiger partial charge in [0.25, 0.3) is 5.91 Å². The molecule has 1 spiro atoms. The lowest BCUT2D eigenvalue weighted by molar-refractivity contribution is 0.0270. The van der Waals surface area contributed by atoms with Gasteiger partial charge in [0.2, 0.25) is 5.43 Å². The fourth-order valence-electron chi connectivity index (χ4n) is 4.49. The first-order chi connectivity index (χ1) is 16.1. The Kier molecular flexibility index (Phi) is 6.21. The van der Waals surface area contributed by atoms with E-state index in [1.54, 1.807) is 19.1 Å². The molecule has 1 amide bonds. The van der Waals surface area contributed by atoms with E-state index in [0.717, 1.165) is 6.07 Å². The van der Waals surface area contributed by atoms with E-state index < -0.39 is 34.4 Å². The normalized spacial score (nSPS) is 17.1. The first-order valence-electron chi connectivity index (χ1n) is 10.6. The molecule has 4 rings (SSSR count). The number of nitrogens with zero attached hydrogens (tertiary/aromatic N) is 3. The van der Waals surface area contributed by atoms with Crippen molar-refractivity contribution in [1.82, 2.24) is 14.9 Å². The molecule has 1 fully saturated rings. The lowest BCUT2D eigenvalue weighted by atomic mass is 9.94. The summed E-state index contributed by atoms with van der Waals surface area (Å²) in [5.74, 6) is -2.81. The van der Waals surface area contributed by atoms with Crippen LogP contribution in [0.4, 0.5) is 8.78 Å². The Balaban J connectivity index is 1.66. The van der Waals surface area contributed by atoms with Gasteiger partial charge in [-0.25, -0.2) is 8.78 Å². The van der Waals surface area contributed by atoms with Gasteiger partial charge in [-0.15, -0.1) is 0 Å². The average molecular weight is 491 g/mol. The number of aromatic hydroxyl groups is 1. The van der Waals surface area contributed by atoms with Gasteiger partial charge in [0.05, 0.1) is 10.6 Å². The molecule has 34 heavy (non-hydrogen) atoms. The van der Waals surface area contributed by atoms with E-state index in [-0.39, 0.29) is 33.3 Å². The van der Waals surface area contributed by atoms with Crippen molar-refractivity contribution in [3.63, 3.8) is 0 Å². The minimum Gasteiger partial charge on any atom is -0.502 e. The van der Waals surface area contributed by atoms with Gasteiger partial charge < -0.3 is 15.3 Å². The van der Waals surface area contributed by atoms with Crippen molar-refractivity contribution >= 4 is 27.8 Å². The molecule has 9 nitrogen and oxygen atoms in total. The molecule has 1 saturated heterocycles. The number of amides is 1. The lowest BCUT2D eigenvalue weighted by Crippen LogP contribution is -2.70. The molecule has 0 unspecified atom stereocenters. The van der Waals surface area contributed by atoms with Gasteiger partial charge in [-0.05, 0) is 24.7 Å². The quantitative estimate of drug-likeness (QED) is 0.384. The van der Waals surface area contributed by atoms with Gasteiger partial charge in [-0.1, -0.05) is 17.8 Å². The topological polar surface area (TPSA) is 126 Å². The smallest absolute Gasteiger partial charge is 0.278 e. The maximum absolute atomic E-state index is 13.9. The minimum absolute atomic E-state index is 0.0814. The zero-order chi connectivity index (χ0) is 24.8. The molecule has 12 heteroatoms. The van der Waals surface area contributed by atoms with Crippen molar-refractivity contribution < 1.29 is 18.7 Å². The third-order valence-electron chi connectivity index (χ3n) is 6.46. The maximum Gasteiger partial charge on any atom is 0.278 e. The van der Waals surface area contributed by atoms with Gasteiger partial charge in [0, 0.05) is 45.6 Å². The first kappa shape index (κ1) is 23.9. The minimum atomic E-state index is -0.902. The number of halogens is 2. The van der Waals surface area contributed by atoms with Crippen LogP contribution in [0.2, 0.25) is 0 Å². The molecule has 0 saturated carbocycles. The van der Waals surface area contributed by atoms with Crippen molar-refractivity contribution in [3.05, 3.63) is 63.1 Å². The predicted octanol–water partition coefficient (Wildman–Crippen LogP) is 1.84. The van der Waals surface area contributed by atoms with Crippen LogP contribution in [0.5, 0.6) is 5.75 Å². The van der Waals surface area contributed by atoms with Crippen molar-refractivity contribution in [3.8, 4) is 5.75 Å². The van der Waals surface area contributed by atoms with Crippen LogP contribution >= 0.6 is 11.8 Å². The summed E-state index contributed by atoms with van der Waals surface area (Å²) in [4.78, 5) is 27.5. The number of hydrogen-bond acceptors (Lipinski definition) is 8. The van der Waals surface area contributed by atoms with Crippen molar-refractivity contribution in [1.29, 1.82) is 10.8 Å². The molecular weight excluding hydrogens is 466 g/mol. The molecule has 1 aromatic carbocycles. The highest BCUT2D eigenvalue weighted by atomic mass is 32.2. The van der Waals surface area contributed by atoms with Crippen LogP contribution in [0.25, 0.3) is 0 Å². The molecule has 2 aliphatic heterocycles. The number of piperidine rings is 1. The molecule has 4 N–H and O–H groups in total. The van der Waals surface area contributed by atoms with Gasteiger partial charge in [-0.2, -0.15) is 0 Å². The van der Waals surface area contributed by atoms with E-state index in [0.29, 0.717) is 43.8 Å². The summed E-state index contributed by atoms with van der Waals surface area (Å²) in [6.07, 6.45) is 2.37. The van der Waals surface area contributed by atoms with Crippen LogP contribution < -0.4 is 15.8 Å². The van der Waals surface area contributed by atoms with Crippen LogP contribution in [0, 0.1) is 22.5 Å². The molecule has 0 bridgehead atoms. The summed E-state index contributed by atoms with van der Waals surface area (Å²) in [5.41, 5.74) is -1.87. The number of carbonyl (C=O) groups is 1. The number of pyridine rings is 1. The van der Waals surface area contributed by atoms with E-state index >= 15 is 0 Å². The second-order valence-corrected chi connectivity index (χ2v) is 9.41. The number of rotatable bonds is 3. The Labute approximate surface area is 198 Å². The molecule has 1 aromatic heterocycles. The van der Waals surface area contributed by atoms with E-state index in [2.05, 4.69) is 5.32 Å². The van der Waals surface area contributed by atoms with Crippen LogP contribution in [0.15, 0.2) is 29.2 Å². The van der Waals surface area contributed by atoms with Gasteiger partial charge in [0.1, 0.15) is 22.3 Å². The highest BCUT2D eigenvalue weighted by Gasteiger charge is 2.48. The zero-order valence-electron chi connectivity index (χ0n) is 18.6. The largest absolute Gasteiger partial charge is 0.502 e. The predicted molar refractivity (Wildman–Crippen MR) is 126 cm³/mol. The monoisotopic (exact) mass is 490 g/mol. The molecule has 0 atom stereocenters. The molecule has 2 aromatic rings.